The Labute approximate surface area is 479 Å². The summed E-state index contributed by atoms with van der Waals surface area (Å²) >= 11 is 18.2. The zero-order valence-corrected chi connectivity index (χ0v) is 47.9. The van der Waals surface area contributed by atoms with Crippen LogP contribution in [0, 0.1) is 91.4 Å². The van der Waals surface area contributed by atoms with Crippen LogP contribution in [0.5, 0.6) is 34.5 Å². The van der Waals surface area contributed by atoms with Gasteiger partial charge in [-0.25, -0.2) is 26.7 Å². The molecule has 7 aromatic rings. The van der Waals surface area contributed by atoms with Crippen LogP contribution in [0.25, 0.3) is 0 Å². The summed E-state index contributed by atoms with van der Waals surface area (Å²) in [6.07, 6.45) is -1.23. The van der Waals surface area contributed by atoms with Gasteiger partial charge < -0.3 is 45.5 Å². The van der Waals surface area contributed by atoms with Crippen molar-refractivity contribution >= 4 is 75.6 Å². The number of carbonyl (C=O) groups is 4. The Morgan fingerprint density at radius 1 is 0.519 bits per heavy atom. The molecule has 0 heterocycles. The first kappa shape index (κ1) is 63.8. The Morgan fingerprint density at radius 3 is 1.47 bits per heavy atom. The van der Waals surface area contributed by atoms with Crippen LogP contribution >= 0.6 is 34.8 Å². The molecular weight excluding hydrogens is 1120 g/mol. The van der Waals surface area contributed by atoms with E-state index < -0.39 is 76.1 Å². The summed E-state index contributed by atoms with van der Waals surface area (Å²) in [4.78, 5) is 49.5. The van der Waals surface area contributed by atoms with Crippen molar-refractivity contribution in [3.8, 4) is 34.5 Å². The molecule has 0 aromatic heterocycles. The van der Waals surface area contributed by atoms with Gasteiger partial charge in [-0.3, -0.25) is 14.4 Å². The maximum atomic E-state index is 13.9. The molecule has 0 bridgehead atoms. The fraction of sp³-hybridized carbons (Fsp3) is 0.233. The summed E-state index contributed by atoms with van der Waals surface area (Å²) in [6, 6.07) is 23.4. The van der Waals surface area contributed by atoms with E-state index in [-0.39, 0.29) is 38.8 Å². The van der Waals surface area contributed by atoms with Crippen LogP contribution in [0.1, 0.15) is 91.1 Å². The normalized spacial score (nSPS) is 11.4. The predicted octanol–water partition coefficient (Wildman–Crippen LogP) is 15.3. The molecule has 81 heavy (non-hydrogen) atoms. The highest BCUT2D eigenvalue weighted by atomic mass is 35.5. The minimum atomic E-state index is -2.43. The zero-order valence-electron chi connectivity index (χ0n) is 45.7. The highest BCUT2D eigenvalue weighted by molar-refractivity contribution is 6.37. The number of aromatic hydroxyl groups is 3. The number of carbonyl (C=O) groups excluding carboxylic acids is 4. The van der Waals surface area contributed by atoms with E-state index in [9.17, 15) is 56.4 Å². The Balaban J connectivity index is 0.000000234. The van der Waals surface area contributed by atoms with E-state index in [0.29, 0.717) is 50.9 Å². The first-order valence-electron chi connectivity index (χ1n) is 24.7. The highest BCUT2D eigenvalue weighted by Crippen LogP contribution is 2.40. The molecule has 0 aliphatic carbocycles. The summed E-state index contributed by atoms with van der Waals surface area (Å²) in [5.41, 5.74) is 6.04. The number of ether oxygens (including phenoxy) is 3. The number of hydrogen-bond donors (Lipinski definition) is 6. The van der Waals surface area contributed by atoms with E-state index in [4.69, 9.17) is 49.0 Å². The third kappa shape index (κ3) is 15.9. The van der Waals surface area contributed by atoms with E-state index in [0.717, 1.165) is 45.5 Å². The van der Waals surface area contributed by atoms with Gasteiger partial charge in [-0.2, -0.15) is 0 Å². The van der Waals surface area contributed by atoms with Gasteiger partial charge >= 0.3 is 5.97 Å². The number of anilines is 3. The molecule has 428 valence electrons. The second-order valence-corrected chi connectivity index (χ2v) is 20.0. The molecule has 0 radical (unpaired) electrons. The smallest absolute Gasteiger partial charge is 0.343 e. The molecule has 0 saturated carbocycles. The molecule has 3 amide bonds. The predicted molar refractivity (Wildman–Crippen MR) is 303 cm³/mol. The number of hydrogen-bond acceptors (Lipinski definition) is 10. The number of phenols is 3. The molecule has 6 N–H and O–H groups in total. The van der Waals surface area contributed by atoms with Crippen molar-refractivity contribution in [3.63, 3.8) is 0 Å². The molecule has 0 spiro atoms. The van der Waals surface area contributed by atoms with E-state index in [1.165, 1.54) is 13.0 Å². The van der Waals surface area contributed by atoms with Gasteiger partial charge in [-0.1, -0.05) is 94.8 Å². The van der Waals surface area contributed by atoms with E-state index in [1.807, 2.05) is 83.3 Å². The van der Waals surface area contributed by atoms with E-state index in [1.54, 1.807) is 58.0 Å². The van der Waals surface area contributed by atoms with Gasteiger partial charge in [0.25, 0.3) is 17.7 Å². The van der Waals surface area contributed by atoms with Crippen molar-refractivity contribution in [2.75, 3.05) is 16.0 Å². The molecule has 2 unspecified atom stereocenters. The lowest BCUT2D eigenvalue weighted by atomic mass is 10.1. The number of esters is 1. The Bertz CT molecular complexity index is 3530. The van der Waals surface area contributed by atoms with Gasteiger partial charge in [-0.15, -0.1) is 0 Å². The van der Waals surface area contributed by atoms with Crippen LogP contribution in [0.4, 0.5) is 39.0 Å². The topological polar surface area (TPSA) is 193 Å². The SMILES string of the molecule is CCC(Oc1ccc(C)cc1C)C(=O)Nc1cc(Cl)c(C)c(Cl)c1O.Cc1ccc(OC(=O)c2cc(C)c(O)c(C)c2)c(C)c1.Cc1ccc(OC(C)C(=O)Nc2cc(O)c(NC(=O)c3c(F)c(F)c(F)c(F)c3F)cc2Cl)c(C)c1. The number of aryl methyl sites for hydroxylation is 8. The second kappa shape index (κ2) is 27.4. The van der Waals surface area contributed by atoms with Crippen LogP contribution in [0.2, 0.25) is 15.1 Å². The highest BCUT2D eigenvalue weighted by Gasteiger charge is 2.31. The number of benzene rings is 7. The maximum Gasteiger partial charge on any atom is 0.343 e. The fourth-order valence-electron chi connectivity index (χ4n) is 7.72. The van der Waals surface area contributed by atoms with Crippen molar-refractivity contribution in [1.29, 1.82) is 0 Å². The third-order valence-electron chi connectivity index (χ3n) is 12.2. The van der Waals surface area contributed by atoms with Gasteiger partial charge in [-0.05, 0) is 152 Å². The molecule has 0 aliphatic heterocycles. The van der Waals surface area contributed by atoms with Crippen molar-refractivity contribution in [2.45, 2.75) is 94.8 Å². The van der Waals surface area contributed by atoms with Gasteiger partial charge in [0.2, 0.25) is 5.82 Å². The maximum absolute atomic E-state index is 13.9. The largest absolute Gasteiger partial charge is 0.507 e. The third-order valence-corrected chi connectivity index (χ3v) is 13.4. The van der Waals surface area contributed by atoms with E-state index in [2.05, 4.69) is 10.6 Å². The van der Waals surface area contributed by atoms with E-state index >= 15 is 0 Å². The molecule has 0 aliphatic rings. The Hall–Kier alpha value is -8.06. The molecule has 21 heteroatoms. The minimum absolute atomic E-state index is 0.107. The van der Waals surface area contributed by atoms with Crippen LogP contribution < -0.4 is 30.2 Å². The lowest BCUT2D eigenvalue weighted by molar-refractivity contribution is -0.123. The van der Waals surface area contributed by atoms with Gasteiger partial charge in [0.05, 0.1) is 32.7 Å². The standard InChI is InChI=1S/C24H18ClF5N2O4.C19H21Cl2NO3.C17H18O3/c1-9-4-5-16(10(2)6-9)36-11(3)23(34)31-13-8-15(33)14(7-12(13)25)32-24(35)17-18(26)20(28)22(30)21(29)19(17)27;1-5-15(25-16-7-6-10(2)8-11(16)3)19(24)22-14-9-13(20)12(4)17(21)18(14)23;1-10-5-6-15(11(2)7-10)20-17(19)14-8-12(3)16(18)13(4)9-14/h4-8,11,33H,1-3H3,(H,31,34)(H,32,35);6-9,15,23H,5H2,1-4H3,(H,22,24);5-9,18H,1-4H3. The summed E-state index contributed by atoms with van der Waals surface area (Å²) in [5.74, 6) is -14.0. The van der Waals surface area contributed by atoms with Crippen LogP contribution in [0.3, 0.4) is 0 Å². The summed E-state index contributed by atoms with van der Waals surface area (Å²) in [7, 11) is 0. The average Bonchev–Trinajstić information content (AvgIpc) is 3.41. The molecule has 2 atom stereocenters. The lowest BCUT2D eigenvalue weighted by Gasteiger charge is -2.20. The number of halogens is 8. The number of rotatable bonds is 13. The first-order valence-corrected chi connectivity index (χ1v) is 25.8. The zero-order chi connectivity index (χ0) is 60.5. The van der Waals surface area contributed by atoms with Gasteiger partial charge in [0, 0.05) is 11.1 Å². The Morgan fingerprint density at radius 2 is 0.975 bits per heavy atom. The van der Waals surface area contributed by atoms with Gasteiger partial charge in [0.15, 0.2) is 41.2 Å². The minimum Gasteiger partial charge on any atom is -0.507 e. The van der Waals surface area contributed by atoms with Crippen LogP contribution in [-0.4, -0.2) is 51.2 Å². The lowest BCUT2D eigenvalue weighted by Crippen LogP contribution is -2.32. The molecule has 7 rings (SSSR count). The van der Waals surface area contributed by atoms with Crippen molar-refractivity contribution in [1.82, 2.24) is 0 Å². The summed E-state index contributed by atoms with van der Waals surface area (Å²) in [5, 5.41) is 37.2. The van der Waals surface area contributed by atoms with Crippen molar-refractivity contribution in [3.05, 3.63) is 190 Å². The molecule has 0 saturated heterocycles. The quantitative estimate of drug-likeness (QED) is 0.0162. The van der Waals surface area contributed by atoms with Crippen LogP contribution in [-0.2, 0) is 9.59 Å². The molecule has 13 nitrogen and oxygen atoms in total. The monoisotopic (exact) mass is 1180 g/mol. The van der Waals surface area contributed by atoms with Crippen LogP contribution in [0.15, 0.2) is 84.9 Å². The summed E-state index contributed by atoms with van der Waals surface area (Å²) in [6.45, 7) is 20.1. The Kier molecular flexibility index (Phi) is 21.6. The van der Waals surface area contributed by atoms with Gasteiger partial charge in [0.1, 0.15) is 34.3 Å². The van der Waals surface area contributed by atoms with Crippen molar-refractivity contribution < 1.29 is 70.7 Å². The molecule has 0 fully saturated rings. The molecule has 7 aromatic carbocycles. The number of amides is 3. The number of phenolic OH excluding ortho intramolecular Hbond substituents is 3. The fourth-order valence-corrected chi connectivity index (χ4v) is 8.39. The van der Waals surface area contributed by atoms with Crippen molar-refractivity contribution in [2.24, 2.45) is 0 Å². The first-order chi connectivity index (χ1) is 37.9. The second-order valence-electron chi connectivity index (χ2n) is 18.9. The summed E-state index contributed by atoms with van der Waals surface area (Å²) < 4.78 is 84.7. The average molecular weight is 1180 g/mol. The number of nitrogens with one attached hydrogen (secondary N) is 3. The molecular formula is C60H57Cl3F5N3O10.